The van der Waals surface area contributed by atoms with Gasteiger partial charge in [-0.2, -0.15) is 8.42 Å². The fraction of sp³-hybridized carbons (Fsp3) is 0.500. The molecule has 23 heavy (non-hydrogen) atoms. The molecule has 1 saturated carbocycles. The van der Waals surface area contributed by atoms with E-state index in [0.29, 0.717) is 5.17 Å². The third-order valence-corrected chi connectivity index (χ3v) is 6.59. The Kier molecular flexibility index (Phi) is 4.77. The van der Waals surface area contributed by atoms with Gasteiger partial charge in [-0.15, -0.1) is 4.40 Å². The minimum Gasteiger partial charge on any atom is -0.287 e. The van der Waals surface area contributed by atoms with Gasteiger partial charge in [0.2, 0.25) is 5.91 Å². The third-order valence-electron chi connectivity index (χ3n) is 4.26. The first-order chi connectivity index (χ1) is 11.0. The van der Waals surface area contributed by atoms with Crippen LogP contribution < -0.4 is 0 Å². The number of carbonyl (C=O) groups is 1. The molecule has 0 radical (unpaired) electrons. The van der Waals surface area contributed by atoms with Crippen molar-refractivity contribution in [2.45, 2.75) is 50.0 Å². The summed E-state index contributed by atoms with van der Waals surface area (Å²) in [6.07, 6.45) is 5.19. The van der Waals surface area contributed by atoms with E-state index in [-0.39, 0.29) is 22.6 Å². The molecule has 0 bridgehead atoms. The minimum absolute atomic E-state index is 0.0280. The lowest BCUT2D eigenvalue weighted by Crippen LogP contribution is -2.41. The summed E-state index contributed by atoms with van der Waals surface area (Å²) in [6.45, 7) is 1.90. The summed E-state index contributed by atoms with van der Waals surface area (Å²) in [7, 11) is -3.78. The Morgan fingerprint density at radius 1 is 1.13 bits per heavy atom. The Bertz CT molecular complexity index is 720. The molecule has 124 valence electrons. The Labute approximate surface area is 141 Å². The quantitative estimate of drug-likeness (QED) is 0.839. The maximum absolute atomic E-state index is 12.5. The second-order valence-electron chi connectivity index (χ2n) is 6.01. The number of aryl methyl sites for hydroxylation is 1. The summed E-state index contributed by atoms with van der Waals surface area (Å²) in [5, 5.41) is 0.336. The van der Waals surface area contributed by atoms with Crippen LogP contribution in [-0.4, -0.2) is 36.2 Å². The van der Waals surface area contributed by atoms with Gasteiger partial charge in [-0.25, -0.2) is 0 Å². The lowest BCUT2D eigenvalue weighted by atomic mass is 9.94. The van der Waals surface area contributed by atoms with E-state index >= 15 is 0 Å². The maximum Gasteiger partial charge on any atom is 0.284 e. The van der Waals surface area contributed by atoms with Crippen molar-refractivity contribution in [1.82, 2.24) is 4.90 Å². The minimum atomic E-state index is -3.78. The molecule has 1 saturated heterocycles. The van der Waals surface area contributed by atoms with Gasteiger partial charge in [-0.1, -0.05) is 48.7 Å². The van der Waals surface area contributed by atoms with Crippen molar-refractivity contribution in [1.29, 1.82) is 0 Å². The van der Waals surface area contributed by atoms with Crippen molar-refractivity contribution in [3.8, 4) is 0 Å². The van der Waals surface area contributed by atoms with Crippen molar-refractivity contribution in [2.75, 3.05) is 5.75 Å². The van der Waals surface area contributed by atoms with Crippen LogP contribution >= 0.6 is 11.8 Å². The van der Waals surface area contributed by atoms with Crippen LogP contribution in [0.4, 0.5) is 0 Å². The highest BCUT2D eigenvalue weighted by atomic mass is 32.2. The highest BCUT2D eigenvalue weighted by molar-refractivity contribution is 8.15. The van der Waals surface area contributed by atoms with E-state index in [1.807, 2.05) is 6.92 Å². The predicted octanol–water partition coefficient (Wildman–Crippen LogP) is 2.95. The normalized spacial score (nSPS) is 22.0. The van der Waals surface area contributed by atoms with Crippen LogP contribution in [0.5, 0.6) is 0 Å². The SMILES string of the molecule is Cc1ccc(S(=O)(=O)/N=C2\SCC(=O)N2C2CCCCC2)cc1. The van der Waals surface area contributed by atoms with Crippen LogP contribution in [0.3, 0.4) is 0 Å². The molecule has 3 rings (SSSR count). The fourth-order valence-corrected chi connectivity index (χ4v) is 5.17. The number of rotatable bonds is 3. The molecule has 2 fully saturated rings. The number of amides is 1. The van der Waals surface area contributed by atoms with Crippen molar-refractivity contribution >= 4 is 32.9 Å². The zero-order valence-electron chi connectivity index (χ0n) is 13.1. The largest absolute Gasteiger partial charge is 0.287 e. The number of carbonyl (C=O) groups excluding carboxylic acids is 1. The van der Waals surface area contributed by atoms with Crippen LogP contribution in [0.1, 0.15) is 37.7 Å². The van der Waals surface area contributed by atoms with Crippen LogP contribution in [0.2, 0.25) is 0 Å². The Morgan fingerprint density at radius 2 is 1.78 bits per heavy atom. The van der Waals surface area contributed by atoms with Gasteiger partial charge in [0.05, 0.1) is 10.6 Å². The van der Waals surface area contributed by atoms with E-state index in [2.05, 4.69) is 4.40 Å². The number of thioether (sulfide) groups is 1. The molecule has 5 nitrogen and oxygen atoms in total. The highest BCUT2D eigenvalue weighted by Gasteiger charge is 2.36. The van der Waals surface area contributed by atoms with E-state index in [9.17, 15) is 13.2 Å². The molecule has 1 aromatic rings. The standard InChI is InChI=1S/C16H20N2O3S2/c1-12-7-9-14(10-8-12)23(20,21)17-16-18(15(19)11-22-16)13-5-3-2-4-6-13/h7-10,13H,2-6,11H2,1H3/b17-16-. The Hall–Kier alpha value is -1.34. The number of benzene rings is 1. The molecule has 0 spiro atoms. The Balaban J connectivity index is 1.90. The summed E-state index contributed by atoms with van der Waals surface area (Å²) in [5.74, 6) is 0.249. The van der Waals surface area contributed by atoms with Crippen molar-refractivity contribution in [3.63, 3.8) is 0 Å². The molecule has 1 aliphatic carbocycles. The van der Waals surface area contributed by atoms with E-state index in [4.69, 9.17) is 0 Å². The lowest BCUT2D eigenvalue weighted by Gasteiger charge is -2.30. The van der Waals surface area contributed by atoms with Gasteiger partial charge >= 0.3 is 0 Å². The highest BCUT2D eigenvalue weighted by Crippen LogP contribution is 2.31. The second kappa shape index (κ2) is 6.65. The third kappa shape index (κ3) is 3.61. The summed E-state index contributed by atoms with van der Waals surface area (Å²) < 4.78 is 29.0. The number of hydrogen-bond donors (Lipinski definition) is 0. The monoisotopic (exact) mass is 352 g/mol. The van der Waals surface area contributed by atoms with E-state index in [1.54, 1.807) is 29.2 Å². The van der Waals surface area contributed by atoms with Gasteiger partial charge in [0.25, 0.3) is 10.0 Å². The molecule has 1 amide bonds. The van der Waals surface area contributed by atoms with E-state index < -0.39 is 10.0 Å². The molecule has 1 heterocycles. The molecular weight excluding hydrogens is 332 g/mol. The van der Waals surface area contributed by atoms with Crippen LogP contribution in [-0.2, 0) is 14.8 Å². The van der Waals surface area contributed by atoms with E-state index in [1.165, 1.54) is 18.2 Å². The number of amidine groups is 1. The molecule has 0 atom stereocenters. The fourth-order valence-electron chi connectivity index (χ4n) is 3.01. The van der Waals surface area contributed by atoms with Gasteiger partial charge in [0.15, 0.2) is 5.17 Å². The van der Waals surface area contributed by atoms with Crippen LogP contribution in [0, 0.1) is 6.92 Å². The average Bonchev–Trinajstić information content (AvgIpc) is 2.88. The predicted molar refractivity (Wildman–Crippen MR) is 92.0 cm³/mol. The number of hydrogen-bond acceptors (Lipinski definition) is 4. The zero-order chi connectivity index (χ0) is 16.4. The molecule has 0 unspecified atom stereocenters. The zero-order valence-corrected chi connectivity index (χ0v) is 14.7. The van der Waals surface area contributed by atoms with Gasteiger partial charge in [-0.3, -0.25) is 9.69 Å². The first-order valence-electron chi connectivity index (χ1n) is 7.84. The summed E-state index contributed by atoms with van der Waals surface area (Å²) >= 11 is 1.22. The molecule has 0 aromatic heterocycles. The number of nitrogens with zero attached hydrogens (tertiary/aromatic N) is 2. The van der Waals surface area contributed by atoms with Crippen molar-refractivity contribution < 1.29 is 13.2 Å². The smallest absolute Gasteiger partial charge is 0.284 e. The Morgan fingerprint density at radius 3 is 2.43 bits per heavy atom. The van der Waals surface area contributed by atoms with Crippen molar-refractivity contribution in [2.24, 2.45) is 4.40 Å². The summed E-state index contributed by atoms with van der Waals surface area (Å²) in [4.78, 5) is 14.0. The average molecular weight is 352 g/mol. The summed E-state index contributed by atoms with van der Waals surface area (Å²) in [6, 6.07) is 6.71. The molecule has 2 aliphatic rings. The number of sulfonamides is 1. The topological polar surface area (TPSA) is 66.8 Å². The molecule has 1 aliphatic heterocycles. The van der Waals surface area contributed by atoms with Crippen molar-refractivity contribution in [3.05, 3.63) is 29.8 Å². The molecule has 0 N–H and O–H groups in total. The van der Waals surface area contributed by atoms with Crippen LogP contribution in [0.25, 0.3) is 0 Å². The second-order valence-corrected chi connectivity index (χ2v) is 8.55. The van der Waals surface area contributed by atoms with Gasteiger partial charge < -0.3 is 0 Å². The first kappa shape index (κ1) is 16.5. The molecule has 1 aromatic carbocycles. The van der Waals surface area contributed by atoms with Gasteiger partial charge in [0.1, 0.15) is 0 Å². The summed E-state index contributed by atoms with van der Waals surface area (Å²) in [5.41, 5.74) is 0.992. The van der Waals surface area contributed by atoms with Crippen LogP contribution in [0.15, 0.2) is 33.6 Å². The lowest BCUT2D eigenvalue weighted by molar-refractivity contribution is -0.126. The molecular formula is C16H20N2O3S2. The first-order valence-corrected chi connectivity index (χ1v) is 10.3. The van der Waals surface area contributed by atoms with Gasteiger partial charge in [-0.05, 0) is 31.9 Å². The van der Waals surface area contributed by atoms with Gasteiger partial charge in [0, 0.05) is 6.04 Å². The molecule has 7 heteroatoms. The van der Waals surface area contributed by atoms with E-state index in [0.717, 1.165) is 31.2 Å². The maximum atomic E-state index is 12.5.